The average molecular weight is 447 g/mol. The van der Waals surface area contributed by atoms with Crippen LogP contribution in [0.15, 0.2) is 47.4 Å². The third kappa shape index (κ3) is 5.37. The summed E-state index contributed by atoms with van der Waals surface area (Å²) in [5.41, 5.74) is 1.33. The normalized spacial score (nSPS) is 17.2. The number of piperidine rings is 1. The van der Waals surface area contributed by atoms with E-state index < -0.39 is 10.0 Å². The molecule has 1 N–H and O–H groups in total. The van der Waals surface area contributed by atoms with E-state index in [0.717, 1.165) is 31.2 Å². The lowest BCUT2D eigenvalue weighted by molar-refractivity contribution is -0.115. The summed E-state index contributed by atoms with van der Waals surface area (Å²) in [7, 11) is -0.434. The van der Waals surface area contributed by atoms with Crippen molar-refractivity contribution < 1.29 is 22.7 Å². The SMILES string of the molecule is CC[C@@H]1CCCCN1S(=O)(=O)c1ccc(NC(=O)Cc2ccc(OC)c(OC)c2)cc1. The van der Waals surface area contributed by atoms with E-state index in [0.29, 0.717) is 23.7 Å². The topological polar surface area (TPSA) is 84.9 Å². The summed E-state index contributed by atoms with van der Waals surface area (Å²) >= 11 is 0. The van der Waals surface area contributed by atoms with Crippen LogP contribution in [0, 0.1) is 0 Å². The molecule has 0 saturated carbocycles. The fraction of sp³-hybridized carbons (Fsp3) is 0.435. The van der Waals surface area contributed by atoms with Crippen molar-refractivity contribution >= 4 is 21.6 Å². The first kappa shape index (κ1) is 23.1. The van der Waals surface area contributed by atoms with Gasteiger partial charge in [0.05, 0.1) is 25.5 Å². The number of carbonyl (C=O) groups excluding carboxylic acids is 1. The predicted molar refractivity (Wildman–Crippen MR) is 120 cm³/mol. The van der Waals surface area contributed by atoms with Crippen LogP contribution in [0.25, 0.3) is 0 Å². The van der Waals surface area contributed by atoms with Crippen LogP contribution in [-0.4, -0.2) is 45.4 Å². The number of amides is 1. The molecular formula is C23H30N2O5S. The summed E-state index contributed by atoms with van der Waals surface area (Å²) in [6, 6.07) is 11.8. The van der Waals surface area contributed by atoms with Crippen LogP contribution in [0.4, 0.5) is 5.69 Å². The zero-order valence-corrected chi connectivity index (χ0v) is 19.1. The van der Waals surface area contributed by atoms with E-state index in [2.05, 4.69) is 5.32 Å². The number of rotatable bonds is 8. The molecule has 0 bridgehead atoms. The molecule has 1 heterocycles. The quantitative estimate of drug-likeness (QED) is 0.666. The van der Waals surface area contributed by atoms with Crippen molar-refractivity contribution in [3.05, 3.63) is 48.0 Å². The number of hydrogen-bond donors (Lipinski definition) is 1. The van der Waals surface area contributed by atoms with Crippen molar-refractivity contribution in [3.63, 3.8) is 0 Å². The Morgan fingerprint density at radius 1 is 1.06 bits per heavy atom. The Morgan fingerprint density at radius 2 is 1.77 bits per heavy atom. The van der Waals surface area contributed by atoms with E-state index >= 15 is 0 Å². The van der Waals surface area contributed by atoms with Crippen molar-refractivity contribution in [2.45, 2.75) is 50.0 Å². The Morgan fingerprint density at radius 3 is 2.42 bits per heavy atom. The maximum Gasteiger partial charge on any atom is 0.243 e. The van der Waals surface area contributed by atoms with Gasteiger partial charge < -0.3 is 14.8 Å². The summed E-state index contributed by atoms with van der Waals surface area (Å²) in [5, 5.41) is 2.82. The largest absolute Gasteiger partial charge is 0.493 e. The monoisotopic (exact) mass is 446 g/mol. The van der Waals surface area contributed by atoms with Crippen LogP contribution >= 0.6 is 0 Å². The molecule has 168 valence electrons. The van der Waals surface area contributed by atoms with Crippen LogP contribution in [0.3, 0.4) is 0 Å². The Bertz CT molecular complexity index is 1010. The van der Waals surface area contributed by atoms with Crippen molar-refractivity contribution in [2.24, 2.45) is 0 Å². The molecule has 1 fully saturated rings. The molecule has 2 aromatic rings. The van der Waals surface area contributed by atoms with Crippen molar-refractivity contribution in [3.8, 4) is 11.5 Å². The number of methoxy groups -OCH3 is 2. The van der Waals surface area contributed by atoms with E-state index in [9.17, 15) is 13.2 Å². The summed E-state index contributed by atoms with van der Waals surface area (Å²) in [6.07, 6.45) is 3.82. The molecule has 0 spiro atoms. The van der Waals surface area contributed by atoms with E-state index in [1.165, 1.54) is 0 Å². The zero-order valence-electron chi connectivity index (χ0n) is 18.3. The van der Waals surface area contributed by atoms with E-state index in [1.54, 1.807) is 61.0 Å². The number of ether oxygens (including phenoxy) is 2. The number of nitrogens with zero attached hydrogens (tertiary/aromatic N) is 1. The Kier molecular flexibility index (Phi) is 7.56. The van der Waals surface area contributed by atoms with Gasteiger partial charge in [-0.2, -0.15) is 4.31 Å². The molecular weight excluding hydrogens is 416 g/mol. The smallest absolute Gasteiger partial charge is 0.243 e. The fourth-order valence-electron chi connectivity index (χ4n) is 3.93. The first-order chi connectivity index (χ1) is 14.9. The third-order valence-corrected chi connectivity index (χ3v) is 7.57. The minimum absolute atomic E-state index is 0.0552. The van der Waals surface area contributed by atoms with Crippen molar-refractivity contribution in [1.29, 1.82) is 0 Å². The summed E-state index contributed by atoms with van der Waals surface area (Å²) < 4.78 is 38.2. The average Bonchev–Trinajstić information content (AvgIpc) is 2.79. The van der Waals surface area contributed by atoms with Crippen molar-refractivity contribution in [1.82, 2.24) is 4.31 Å². The van der Waals surface area contributed by atoms with Crippen molar-refractivity contribution in [2.75, 3.05) is 26.1 Å². The molecule has 1 aliphatic heterocycles. The van der Waals surface area contributed by atoms with Gasteiger partial charge in [-0.3, -0.25) is 4.79 Å². The molecule has 0 radical (unpaired) electrons. The second-order valence-corrected chi connectivity index (χ2v) is 9.50. The van der Waals surface area contributed by atoms with Crippen LogP contribution in [-0.2, 0) is 21.2 Å². The van der Waals surface area contributed by atoms with Gasteiger partial charge in [0, 0.05) is 18.3 Å². The Balaban J connectivity index is 1.67. The lowest BCUT2D eigenvalue weighted by Crippen LogP contribution is -2.43. The molecule has 0 aliphatic carbocycles. The minimum Gasteiger partial charge on any atom is -0.493 e. The molecule has 31 heavy (non-hydrogen) atoms. The number of benzene rings is 2. The molecule has 1 atom stereocenters. The highest BCUT2D eigenvalue weighted by molar-refractivity contribution is 7.89. The number of anilines is 1. The Hall–Kier alpha value is -2.58. The minimum atomic E-state index is -3.54. The zero-order chi connectivity index (χ0) is 22.4. The molecule has 1 aliphatic rings. The van der Waals surface area contributed by atoms with Gasteiger partial charge >= 0.3 is 0 Å². The molecule has 3 rings (SSSR count). The van der Waals surface area contributed by atoms with Gasteiger partial charge in [0.25, 0.3) is 0 Å². The van der Waals surface area contributed by atoms with Gasteiger partial charge in [-0.25, -0.2) is 8.42 Å². The molecule has 0 unspecified atom stereocenters. The first-order valence-electron chi connectivity index (χ1n) is 10.5. The van der Waals surface area contributed by atoms with Gasteiger partial charge in [-0.15, -0.1) is 0 Å². The highest BCUT2D eigenvalue weighted by Crippen LogP contribution is 2.29. The number of carbonyl (C=O) groups is 1. The molecule has 1 amide bonds. The number of hydrogen-bond acceptors (Lipinski definition) is 5. The second-order valence-electron chi connectivity index (χ2n) is 7.61. The number of sulfonamides is 1. The summed E-state index contributed by atoms with van der Waals surface area (Å²) in [4.78, 5) is 12.7. The van der Waals surface area contributed by atoms with E-state index in [-0.39, 0.29) is 23.3 Å². The third-order valence-electron chi connectivity index (χ3n) is 5.60. The summed E-state index contributed by atoms with van der Waals surface area (Å²) in [5.74, 6) is 0.956. The molecule has 1 saturated heterocycles. The molecule has 7 nitrogen and oxygen atoms in total. The van der Waals surface area contributed by atoms with E-state index in [4.69, 9.17) is 9.47 Å². The van der Waals surface area contributed by atoms with Crippen LogP contribution in [0.5, 0.6) is 11.5 Å². The van der Waals surface area contributed by atoms with Crippen LogP contribution in [0.2, 0.25) is 0 Å². The molecule has 2 aromatic carbocycles. The number of nitrogens with one attached hydrogen (secondary N) is 1. The Labute approximate surface area is 184 Å². The standard InChI is InChI=1S/C23H30N2O5S/c1-4-19-7-5-6-14-25(19)31(27,28)20-11-9-18(10-12-20)24-23(26)16-17-8-13-21(29-2)22(15-17)30-3/h8-13,15,19H,4-7,14,16H2,1-3H3,(H,24,26)/t19-/m1/s1. The highest BCUT2D eigenvalue weighted by Gasteiger charge is 2.32. The predicted octanol–water partition coefficient (Wildman–Crippen LogP) is 3.84. The van der Waals surface area contributed by atoms with Crippen LogP contribution < -0.4 is 14.8 Å². The van der Waals surface area contributed by atoms with Gasteiger partial charge in [0.1, 0.15) is 0 Å². The fourth-order valence-corrected chi connectivity index (χ4v) is 5.69. The lowest BCUT2D eigenvalue weighted by atomic mass is 10.0. The van der Waals surface area contributed by atoms with Gasteiger partial charge in [0.15, 0.2) is 11.5 Å². The van der Waals surface area contributed by atoms with Crippen LogP contribution in [0.1, 0.15) is 38.2 Å². The maximum atomic E-state index is 13.1. The molecule has 0 aromatic heterocycles. The lowest BCUT2D eigenvalue weighted by Gasteiger charge is -2.34. The second kappa shape index (κ2) is 10.2. The van der Waals surface area contributed by atoms with E-state index in [1.807, 2.05) is 6.92 Å². The summed E-state index contributed by atoms with van der Waals surface area (Å²) in [6.45, 7) is 2.58. The first-order valence-corrected chi connectivity index (χ1v) is 12.0. The molecule has 8 heteroatoms. The van der Waals surface area contributed by atoms with Gasteiger partial charge in [-0.1, -0.05) is 19.4 Å². The van der Waals surface area contributed by atoms with Gasteiger partial charge in [-0.05, 0) is 61.2 Å². The van der Waals surface area contributed by atoms with Gasteiger partial charge in [0.2, 0.25) is 15.9 Å². The highest BCUT2D eigenvalue weighted by atomic mass is 32.2. The maximum absolute atomic E-state index is 13.1.